The zero-order valence-corrected chi connectivity index (χ0v) is 18.6. The molecular weight excluding hydrogens is 404 g/mol. The van der Waals surface area contributed by atoms with Crippen LogP contribution in [-0.2, 0) is 14.8 Å². The first kappa shape index (κ1) is 23.7. The predicted octanol–water partition coefficient (Wildman–Crippen LogP) is 3.96. The summed E-state index contributed by atoms with van der Waals surface area (Å²) in [4.78, 5) is 11.4. The lowest BCUT2D eigenvalue weighted by Gasteiger charge is -2.34. The van der Waals surface area contributed by atoms with Crippen LogP contribution in [0.1, 0.15) is 38.8 Å². The van der Waals surface area contributed by atoms with Gasteiger partial charge in [0.1, 0.15) is 11.9 Å². The SMILES string of the molecule is COc1ccc(S(=O)(=O)N(CC(C)C)C(CC(C)OC(N)=O)c2ccccc2)cc1. The fourth-order valence-corrected chi connectivity index (χ4v) is 5.08. The molecule has 2 aromatic rings. The molecule has 0 saturated heterocycles. The first-order chi connectivity index (χ1) is 14.1. The van der Waals surface area contributed by atoms with Crippen LogP contribution in [0.4, 0.5) is 4.79 Å². The zero-order valence-electron chi connectivity index (χ0n) is 17.8. The van der Waals surface area contributed by atoms with E-state index in [1.807, 2.05) is 44.2 Å². The molecule has 7 nitrogen and oxygen atoms in total. The summed E-state index contributed by atoms with van der Waals surface area (Å²) in [6.45, 7) is 5.93. The molecule has 2 N–H and O–H groups in total. The Bertz CT molecular complexity index is 914. The number of ether oxygens (including phenoxy) is 2. The van der Waals surface area contributed by atoms with Crippen molar-refractivity contribution >= 4 is 16.1 Å². The van der Waals surface area contributed by atoms with Crippen molar-refractivity contribution < 1.29 is 22.7 Å². The van der Waals surface area contributed by atoms with E-state index >= 15 is 0 Å². The Morgan fingerprint density at radius 2 is 1.63 bits per heavy atom. The summed E-state index contributed by atoms with van der Waals surface area (Å²) < 4.78 is 39.0. The largest absolute Gasteiger partial charge is 0.497 e. The van der Waals surface area contributed by atoms with Crippen molar-refractivity contribution in [3.63, 3.8) is 0 Å². The van der Waals surface area contributed by atoms with E-state index in [4.69, 9.17) is 15.2 Å². The van der Waals surface area contributed by atoms with E-state index < -0.39 is 28.3 Å². The average Bonchev–Trinajstić information content (AvgIpc) is 2.70. The number of rotatable bonds is 10. The third-order valence-corrected chi connectivity index (χ3v) is 6.50. The molecule has 0 fully saturated rings. The van der Waals surface area contributed by atoms with Crippen molar-refractivity contribution in [3.8, 4) is 5.75 Å². The normalized spacial score (nSPS) is 13.8. The molecule has 0 radical (unpaired) electrons. The molecule has 0 aromatic heterocycles. The fourth-order valence-electron chi connectivity index (χ4n) is 3.29. The number of primary amides is 1. The molecular formula is C22H30N2O5S. The van der Waals surface area contributed by atoms with E-state index in [2.05, 4.69) is 0 Å². The Balaban J connectivity index is 2.52. The van der Waals surface area contributed by atoms with Crippen molar-refractivity contribution in [1.29, 1.82) is 0 Å². The van der Waals surface area contributed by atoms with Gasteiger partial charge in [-0.05, 0) is 42.7 Å². The molecule has 0 aliphatic rings. The molecule has 8 heteroatoms. The minimum Gasteiger partial charge on any atom is -0.497 e. The van der Waals surface area contributed by atoms with Gasteiger partial charge in [0.25, 0.3) is 0 Å². The summed E-state index contributed by atoms with van der Waals surface area (Å²) in [6.07, 6.45) is -1.18. The quantitative estimate of drug-likeness (QED) is 0.610. The van der Waals surface area contributed by atoms with Crippen molar-refractivity contribution in [2.24, 2.45) is 11.7 Å². The van der Waals surface area contributed by atoms with E-state index in [1.54, 1.807) is 19.1 Å². The molecule has 0 aliphatic carbocycles. The second kappa shape index (κ2) is 10.4. The fraction of sp³-hybridized carbons (Fsp3) is 0.409. The van der Waals surface area contributed by atoms with Gasteiger partial charge in [0.05, 0.1) is 18.0 Å². The minimum atomic E-state index is -3.84. The number of sulfonamides is 1. The zero-order chi connectivity index (χ0) is 22.3. The third-order valence-electron chi connectivity index (χ3n) is 4.62. The molecule has 164 valence electrons. The van der Waals surface area contributed by atoms with Gasteiger partial charge in [-0.2, -0.15) is 4.31 Å². The predicted molar refractivity (Wildman–Crippen MR) is 116 cm³/mol. The Labute approximate surface area is 178 Å². The van der Waals surface area contributed by atoms with Crippen LogP contribution in [0.2, 0.25) is 0 Å². The molecule has 2 aromatic carbocycles. The molecule has 1 amide bonds. The van der Waals surface area contributed by atoms with Gasteiger partial charge in [0, 0.05) is 13.0 Å². The van der Waals surface area contributed by atoms with E-state index in [-0.39, 0.29) is 17.2 Å². The van der Waals surface area contributed by atoms with Crippen molar-refractivity contribution in [1.82, 2.24) is 4.31 Å². The standard InChI is InChI=1S/C22H30N2O5S/c1-16(2)15-24(30(26,27)20-12-10-19(28-4)11-13-20)21(14-17(3)29-22(23)25)18-8-6-5-7-9-18/h5-13,16-17,21H,14-15H2,1-4H3,(H2,23,25). The smallest absolute Gasteiger partial charge is 0.404 e. The highest BCUT2D eigenvalue weighted by Crippen LogP contribution is 2.33. The monoisotopic (exact) mass is 434 g/mol. The van der Waals surface area contributed by atoms with Crippen LogP contribution in [0, 0.1) is 5.92 Å². The van der Waals surface area contributed by atoms with E-state index in [9.17, 15) is 13.2 Å². The summed E-state index contributed by atoms with van der Waals surface area (Å²) >= 11 is 0. The van der Waals surface area contributed by atoms with Gasteiger partial charge in [0.2, 0.25) is 10.0 Å². The van der Waals surface area contributed by atoms with Gasteiger partial charge in [-0.25, -0.2) is 13.2 Å². The van der Waals surface area contributed by atoms with Crippen molar-refractivity contribution in [2.45, 2.75) is 44.2 Å². The summed E-state index contributed by atoms with van der Waals surface area (Å²) in [6, 6.07) is 15.1. The topological polar surface area (TPSA) is 98.9 Å². The van der Waals surface area contributed by atoms with Crippen molar-refractivity contribution in [3.05, 3.63) is 60.2 Å². The number of carbonyl (C=O) groups is 1. The van der Waals surface area contributed by atoms with Crippen molar-refractivity contribution in [2.75, 3.05) is 13.7 Å². The van der Waals surface area contributed by atoms with Crippen LogP contribution in [0.15, 0.2) is 59.5 Å². The van der Waals surface area contributed by atoms with Gasteiger partial charge >= 0.3 is 6.09 Å². The first-order valence-corrected chi connectivity index (χ1v) is 11.3. The highest BCUT2D eigenvalue weighted by molar-refractivity contribution is 7.89. The number of hydrogen-bond acceptors (Lipinski definition) is 5. The number of amides is 1. The second-order valence-electron chi connectivity index (χ2n) is 7.55. The summed E-state index contributed by atoms with van der Waals surface area (Å²) in [5.41, 5.74) is 5.98. The summed E-state index contributed by atoms with van der Waals surface area (Å²) in [7, 11) is -2.31. The molecule has 0 bridgehead atoms. The van der Waals surface area contributed by atoms with Crippen LogP contribution < -0.4 is 10.5 Å². The van der Waals surface area contributed by atoms with Crippen LogP contribution in [0.25, 0.3) is 0 Å². The molecule has 2 rings (SSSR count). The van der Waals surface area contributed by atoms with Gasteiger partial charge in [-0.3, -0.25) is 0 Å². The lowest BCUT2D eigenvalue weighted by atomic mass is 10.0. The number of benzene rings is 2. The summed E-state index contributed by atoms with van der Waals surface area (Å²) in [5, 5.41) is 0. The summed E-state index contributed by atoms with van der Waals surface area (Å²) in [5.74, 6) is 0.657. The molecule has 2 atom stereocenters. The molecule has 2 unspecified atom stereocenters. The average molecular weight is 435 g/mol. The maximum atomic E-state index is 13.6. The van der Waals surface area contributed by atoms with Crippen LogP contribution >= 0.6 is 0 Å². The molecule has 0 saturated carbocycles. The molecule has 0 aliphatic heterocycles. The lowest BCUT2D eigenvalue weighted by molar-refractivity contribution is 0.0951. The van der Waals surface area contributed by atoms with Gasteiger partial charge in [-0.1, -0.05) is 44.2 Å². The first-order valence-electron chi connectivity index (χ1n) is 9.82. The van der Waals surface area contributed by atoms with Crippen LogP contribution in [-0.4, -0.2) is 38.6 Å². The third kappa shape index (κ3) is 6.21. The number of hydrogen-bond donors (Lipinski definition) is 1. The Morgan fingerprint density at radius 1 is 1.03 bits per heavy atom. The highest BCUT2D eigenvalue weighted by Gasteiger charge is 2.34. The molecule has 30 heavy (non-hydrogen) atoms. The Morgan fingerprint density at radius 3 is 2.13 bits per heavy atom. The molecule has 0 heterocycles. The number of nitrogens with two attached hydrogens (primary N) is 1. The lowest BCUT2D eigenvalue weighted by Crippen LogP contribution is -2.39. The van der Waals surface area contributed by atoms with Gasteiger partial charge < -0.3 is 15.2 Å². The number of methoxy groups -OCH3 is 1. The van der Waals surface area contributed by atoms with E-state index in [0.29, 0.717) is 12.3 Å². The minimum absolute atomic E-state index is 0.0802. The Kier molecular flexibility index (Phi) is 8.25. The van der Waals surface area contributed by atoms with E-state index in [1.165, 1.54) is 23.5 Å². The van der Waals surface area contributed by atoms with Crippen LogP contribution in [0.5, 0.6) is 5.75 Å². The molecule has 0 spiro atoms. The maximum absolute atomic E-state index is 13.6. The second-order valence-corrected chi connectivity index (χ2v) is 9.44. The van der Waals surface area contributed by atoms with Crippen LogP contribution in [0.3, 0.4) is 0 Å². The highest BCUT2D eigenvalue weighted by atomic mass is 32.2. The van der Waals surface area contributed by atoms with Gasteiger partial charge in [0.15, 0.2) is 0 Å². The Hall–Kier alpha value is -2.58. The maximum Gasteiger partial charge on any atom is 0.404 e. The number of nitrogens with zero attached hydrogens (tertiary/aromatic N) is 1. The van der Waals surface area contributed by atoms with Gasteiger partial charge in [-0.15, -0.1) is 0 Å². The van der Waals surface area contributed by atoms with E-state index in [0.717, 1.165) is 5.56 Å². The number of carbonyl (C=O) groups excluding carboxylic acids is 1.